The maximum atomic E-state index is 12.7. The normalized spacial score (nSPS) is 11.9. The first-order valence-electron chi connectivity index (χ1n) is 9.79. The molecule has 2 amide bonds. The van der Waals surface area contributed by atoms with Gasteiger partial charge in [0.2, 0.25) is 0 Å². The second kappa shape index (κ2) is 10.6. The number of aliphatic hydroxyl groups is 1. The molecule has 0 spiro atoms. The summed E-state index contributed by atoms with van der Waals surface area (Å²) in [4.78, 5) is 11.8. The van der Waals surface area contributed by atoms with Gasteiger partial charge in [-0.2, -0.15) is 13.2 Å². The maximum absolute atomic E-state index is 12.7. The Bertz CT molecular complexity index is 1130. The molecule has 0 radical (unpaired) electrons. The van der Waals surface area contributed by atoms with E-state index in [9.17, 15) is 23.1 Å². The molecule has 8 heteroatoms. The van der Waals surface area contributed by atoms with E-state index in [-0.39, 0.29) is 25.3 Å². The maximum Gasteiger partial charge on any atom is 0.416 e. The molecule has 1 atom stereocenters. The fourth-order valence-electron chi connectivity index (χ4n) is 2.88. The van der Waals surface area contributed by atoms with Gasteiger partial charge in [0.05, 0.1) is 12.1 Å². The number of nitrogens with one attached hydrogen (secondary N) is 2. The van der Waals surface area contributed by atoms with Crippen LogP contribution in [0.3, 0.4) is 0 Å². The number of ether oxygens (including phenoxy) is 1. The SMILES string of the molecule is O=C(NCC#Cc1cccc(C(F)(F)F)c1)NCC(O)COc1cccc2ccccc12. The van der Waals surface area contributed by atoms with E-state index in [0.29, 0.717) is 5.75 Å². The van der Waals surface area contributed by atoms with Crippen LogP contribution >= 0.6 is 0 Å². The van der Waals surface area contributed by atoms with Crippen molar-refractivity contribution < 1.29 is 27.8 Å². The van der Waals surface area contributed by atoms with Crippen LogP contribution in [0.25, 0.3) is 10.8 Å². The van der Waals surface area contributed by atoms with Gasteiger partial charge in [-0.05, 0) is 29.7 Å². The average Bonchev–Trinajstić information content (AvgIpc) is 2.78. The number of rotatable bonds is 6. The topological polar surface area (TPSA) is 70.6 Å². The molecule has 0 aliphatic carbocycles. The van der Waals surface area contributed by atoms with E-state index < -0.39 is 23.9 Å². The summed E-state index contributed by atoms with van der Waals surface area (Å²) in [6.45, 7) is -0.119. The number of carbonyl (C=O) groups is 1. The van der Waals surface area contributed by atoms with Gasteiger partial charge in [0.15, 0.2) is 0 Å². The summed E-state index contributed by atoms with van der Waals surface area (Å²) >= 11 is 0. The molecule has 0 saturated heterocycles. The highest BCUT2D eigenvalue weighted by atomic mass is 19.4. The highest BCUT2D eigenvalue weighted by molar-refractivity contribution is 5.88. The van der Waals surface area contributed by atoms with E-state index in [4.69, 9.17) is 4.74 Å². The quantitative estimate of drug-likeness (QED) is 0.507. The molecule has 5 nitrogen and oxygen atoms in total. The number of fused-ring (bicyclic) bond motifs is 1. The Morgan fingerprint density at radius 3 is 2.59 bits per heavy atom. The summed E-state index contributed by atoms with van der Waals surface area (Å²) in [5, 5.41) is 16.9. The van der Waals surface area contributed by atoms with Crippen molar-refractivity contribution in [2.45, 2.75) is 12.3 Å². The first-order valence-corrected chi connectivity index (χ1v) is 9.79. The summed E-state index contributed by atoms with van der Waals surface area (Å²) in [5.41, 5.74) is -0.585. The second-order valence-corrected chi connectivity index (χ2v) is 6.89. The summed E-state index contributed by atoms with van der Waals surface area (Å²) in [7, 11) is 0. The molecule has 0 heterocycles. The van der Waals surface area contributed by atoms with Crippen LogP contribution in [-0.2, 0) is 6.18 Å². The van der Waals surface area contributed by atoms with Crippen molar-refractivity contribution in [3.8, 4) is 17.6 Å². The molecule has 3 N–H and O–H groups in total. The largest absolute Gasteiger partial charge is 0.490 e. The number of aliphatic hydroxyl groups excluding tert-OH is 1. The van der Waals surface area contributed by atoms with Crippen LogP contribution in [0.1, 0.15) is 11.1 Å². The Morgan fingerprint density at radius 1 is 1.03 bits per heavy atom. The number of halogens is 3. The molecule has 3 aromatic rings. The molecule has 0 aromatic heterocycles. The van der Waals surface area contributed by atoms with Gasteiger partial charge in [-0.3, -0.25) is 0 Å². The van der Waals surface area contributed by atoms with Gasteiger partial charge in [0, 0.05) is 17.5 Å². The zero-order valence-corrected chi connectivity index (χ0v) is 16.9. The van der Waals surface area contributed by atoms with Crippen molar-refractivity contribution in [1.82, 2.24) is 10.6 Å². The highest BCUT2D eigenvalue weighted by Gasteiger charge is 2.30. The smallest absolute Gasteiger partial charge is 0.416 e. The van der Waals surface area contributed by atoms with Crippen molar-refractivity contribution in [3.63, 3.8) is 0 Å². The minimum absolute atomic E-state index is 0.0103. The number of hydrogen-bond acceptors (Lipinski definition) is 3. The molecule has 0 aliphatic rings. The number of carbonyl (C=O) groups excluding carboxylic acids is 1. The summed E-state index contributed by atoms with van der Waals surface area (Å²) in [6, 6.07) is 17.4. The number of benzene rings is 3. The van der Waals surface area contributed by atoms with E-state index in [0.717, 1.165) is 22.9 Å². The van der Waals surface area contributed by atoms with Gasteiger partial charge in [-0.1, -0.05) is 54.3 Å². The third-order valence-electron chi connectivity index (χ3n) is 4.44. The third-order valence-corrected chi connectivity index (χ3v) is 4.44. The van der Waals surface area contributed by atoms with Crippen molar-refractivity contribution in [3.05, 3.63) is 77.9 Å². The summed E-state index contributed by atoms with van der Waals surface area (Å²) in [6.07, 6.45) is -5.37. The summed E-state index contributed by atoms with van der Waals surface area (Å²) in [5.74, 6) is 5.79. The molecule has 0 aliphatic heterocycles. The Balaban J connectivity index is 1.40. The lowest BCUT2D eigenvalue weighted by atomic mass is 10.1. The minimum Gasteiger partial charge on any atom is -0.490 e. The highest BCUT2D eigenvalue weighted by Crippen LogP contribution is 2.29. The summed E-state index contributed by atoms with van der Waals surface area (Å²) < 4.78 is 43.7. The van der Waals surface area contributed by atoms with E-state index in [1.165, 1.54) is 12.1 Å². The standard InChI is InChI=1S/C24H21F3N2O3/c25-24(26,27)19-10-3-6-17(14-19)7-5-13-28-23(31)29-15-20(30)16-32-22-12-4-9-18-8-1-2-11-21(18)22/h1-4,6,8-12,14,20,30H,13,15-16H2,(H2,28,29,31). The van der Waals surface area contributed by atoms with Crippen molar-refractivity contribution >= 4 is 16.8 Å². The first kappa shape index (κ1) is 23.0. The molecule has 32 heavy (non-hydrogen) atoms. The molecule has 0 bridgehead atoms. The fraction of sp³-hybridized carbons (Fsp3) is 0.208. The fourth-order valence-corrected chi connectivity index (χ4v) is 2.88. The Kier molecular flexibility index (Phi) is 7.58. The molecule has 0 fully saturated rings. The lowest BCUT2D eigenvalue weighted by Crippen LogP contribution is -2.41. The molecule has 0 saturated carbocycles. The van der Waals surface area contributed by atoms with E-state index in [1.807, 2.05) is 36.4 Å². The second-order valence-electron chi connectivity index (χ2n) is 6.89. The van der Waals surface area contributed by atoms with Crippen LogP contribution in [0, 0.1) is 11.8 Å². The lowest BCUT2D eigenvalue weighted by molar-refractivity contribution is -0.137. The number of urea groups is 1. The van der Waals surface area contributed by atoms with Gasteiger partial charge in [-0.15, -0.1) is 0 Å². The van der Waals surface area contributed by atoms with Gasteiger partial charge in [0.1, 0.15) is 18.5 Å². The zero-order valence-electron chi connectivity index (χ0n) is 16.9. The van der Waals surface area contributed by atoms with Crippen LogP contribution in [0.4, 0.5) is 18.0 Å². The predicted octanol–water partition coefficient (Wildman–Crippen LogP) is 3.95. The van der Waals surface area contributed by atoms with Gasteiger partial charge in [0.25, 0.3) is 0 Å². The van der Waals surface area contributed by atoms with Crippen LogP contribution in [0.5, 0.6) is 5.75 Å². The minimum atomic E-state index is -4.44. The Morgan fingerprint density at radius 2 is 1.78 bits per heavy atom. The van der Waals surface area contributed by atoms with Gasteiger partial charge < -0.3 is 20.5 Å². The Hall–Kier alpha value is -3.70. The van der Waals surface area contributed by atoms with E-state index in [2.05, 4.69) is 22.5 Å². The monoisotopic (exact) mass is 442 g/mol. The average molecular weight is 442 g/mol. The number of alkyl halides is 3. The van der Waals surface area contributed by atoms with E-state index >= 15 is 0 Å². The van der Waals surface area contributed by atoms with Crippen LogP contribution < -0.4 is 15.4 Å². The van der Waals surface area contributed by atoms with Gasteiger partial charge >= 0.3 is 12.2 Å². The van der Waals surface area contributed by atoms with Crippen molar-refractivity contribution in [1.29, 1.82) is 0 Å². The lowest BCUT2D eigenvalue weighted by Gasteiger charge is -2.14. The predicted molar refractivity (Wildman–Crippen MR) is 115 cm³/mol. The van der Waals surface area contributed by atoms with Crippen LogP contribution in [-0.4, -0.2) is 36.9 Å². The Labute approximate surface area is 183 Å². The zero-order chi connectivity index (χ0) is 23.0. The molecule has 166 valence electrons. The first-order chi connectivity index (χ1) is 15.3. The van der Waals surface area contributed by atoms with Crippen LogP contribution in [0.15, 0.2) is 66.7 Å². The third kappa shape index (κ3) is 6.65. The molecular formula is C24H21F3N2O3. The van der Waals surface area contributed by atoms with E-state index in [1.54, 1.807) is 6.07 Å². The van der Waals surface area contributed by atoms with Crippen molar-refractivity contribution in [2.24, 2.45) is 0 Å². The molecular weight excluding hydrogens is 421 g/mol. The molecule has 1 unspecified atom stereocenters. The van der Waals surface area contributed by atoms with Crippen molar-refractivity contribution in [2.75, 3.05) is 19.7 Å². The van der Waals surface area contributed by atoms with Crippen LogP contribution in [0.2, 0.25) is 0 Å². The number of hydrogen-bond donors (Lipinski definition) is 3. The molecule has 3 rings (SSSR count). The van der Waals surface area contributed by atoms with Gasteiger partial charge in [-0.25, -0.2) is 4.79 Å². The molecule has 3 aromatic carbocycles. The number of amides is 2.